The molecule has 0 fully saturated rings. The Bertz CT molecular complexity index is 689. The van der Waals surface area contributed by atoms with Crippen LogP contribution in [0.2, 0.25) is 10.0 Å². The van der Waals surface area contributed by atoms with Crippen molar-refractivity contribution >= 4 is 35.1 Å². The second-order valence-electron chi connectivity index (χ2n) is 4.28. The Labute approximate surface area is 136 Å². The number of anilines is 1. The van der Waals surface area contributed by atoms with Crippen molar-refractivity contribution in [1.82, 2.24) is 20.2 Å². The monoisotopic (exact) mass is 341 g/mol. The molecule has 7 nitrogen and oxygen atoms in total. The molecule has 0 unspecified atom stereocenters. The first-order valence-corrected chi connectivity index (χ1v) is 7.06. The molecule has 1 atom stereocenters. The highest BCUT2D eigenvalue weighted by Gasteiger charge is 2.18. The van der Waals surface area contributed by atoms with Crippen molar-refractivity contribution in [3.05, 3.63) is 40.9 Å². The number of aromatic nitrogens is 4. The molecule has 1 aromatic heterocycles. The molecule has 0 aliphatic rings. The van der Waals surface area contributed by atoms with E-state index in [4.69, 9.17) is 27.9 Å². The van der Waals surface area contributed by atoms with E-state index < -0.39 is 12.0 Å². The van der Waals surface area contributed by atoms with Crippen molar-refractivity contribution in [2.45, 2.75) is 19.6 Å². The molecule has 1 heterocycles. The van der Waals surface area contributed by atoms with E-state index >= 15 is 0 Å². The van der Waals surface area contributed by atoms with E-state index in [1.165, 1.54) is 10.9 Å². The van der Waals surface area contributed by atoms with Crippen molar-refractivity contribution in [3.63, 3.8) is 0 Å². The van der Waals surface area contributed by atoms with Gasteiger partial charge in [-0.1, -0.05) is 34.4 Å². The van der Waals surface area contributed by atoms with Gasteiger partial charge < -0.3 is 4.74 Å². The summed E-state index contributed by atoms with van der Waals surface area (Å²) >= 11 is 11.8. The number of amides is 1. The van der Waals surface area contributed by atoms with Gasteiger partial charge in [-0.15, -0.1) is 11.7 Å². The zero-order chi connectivity index (χ0) is 16.1. The average molecular weight is 342 g/mol. The minimum absolute atomic E-state index is 0.0875. The van der Waals surface area contributed by atoms with Gasteiger partial charge in [0, 0.05) is 5.02 Å². The van der Waals surface area contributed by atoms with Crippen LogP contribution in [0.1, 0.15) is 6.92 Å². The van der Waals surface area contributed by atoms with Gasteiger partial charge in [0.2, 0.25) is 0 Å². The Morgan fingerprint density at radius 1 is 1.55 bits per heavy atom. The Kier molecular flexibility index (Phi) is 5.35. The van der Waals surface area contributed by atoms with Crippen LogP contribution in [-0.2, 0) is 11.3 Å². The summed E-state index contributed by atoms with van der Waals surface area (Å²) in [5, 5.41) is 14.7. The van der Waals surface area contributed by atoms with Crippen LogP contribution in [0.5, 0.6) is 5.75 Å². The Hall–Kier alpha value is -2.12. The molecule has 0 spiro atoms. The highest BCUT2D eigenvalue weighted by molar-refractivity contribution is 6.35. The van der Waals surface area contributed by atoms with Crippen LogP contribution >= 0.6 is 23.2 Å². The number of hydrogen-bond acceptors (Lipinski definition) is 5. The largest absolute Gasteiger partial charge is 0.479 e. The van der Waals surface area contributed by atoms with E-state index in [1.807, 2.05) is 0 Å². The average Bonchev–Trinajstić information content (AvgIpc) is 2.89. The van der Waals surface area contributed by atoms with Crippen LogP contribution in [0.3, 0.4) is 0 Å². The summed E-state index contributed by atoms with van der Waals surface area (Å²) in [5.74, 6) is 0.0191. The Balaban J connectivity index is 1.97. The van der Waals surface area contributed by atoms with E-state index in [2.05, 4.69) is 27.3 Å². The molecule has 1 amide bonds. The van der Waals surface area contributed by atoms with E-state index in [-0.39, 0.29) is 5.95 Å². The van der Waals surface area contributed by atoms with Gasteiger partial charge in [0.25, 0.3) is 11.9 Å². The molecule has 0 saturated carbocycles. The Morgan fingerprint density at radius 2 is 2.32 bits per heavy atom. The third-order valence-electron chi connectivity index (χ3n) is 2.55. The van der Waals surface area contributed by atoms with Crippen LogP contribution in [0.15, 0.2) is 30.9 Å². The van der Waals surface area contributed by atoms with Crippen molar-refractivity contribution in [2.24, 2.45) is 0 Å². The van der Waals surface area contributed by atoms with Crippen LogP contribution < -0.4 is 10.1 Å². The molecule has 9 heteroatoms. The molecular weight excluding hydrogens is 329 g/mol. The van der Waals surface area contributed by atoms with E-state index in [0.29, 0.717) is 22.3 Å². The summed E-state index contributed by atoms with van der Waals surface area (Å²) in [6, 6.07) is 4.74. The number of nitrogens with one attached hydrogen (secondary N) is 1. The lowest BCUT2D eigenvalue weighted by atomic mass is 10.3. The summed E-state index contributed by atoms with van der Waals surface area (Å²) in [7, 11) is 0. The first kappa shape index (κ1) is 16.3. The highest BCUT2D eigenvalue weighted by Crippen LogP contribution is 2.28. The lowest BCUT2D eigenvalue weighted by molar-refractivity contribution is -0.122. The topological polar surface area (TPSA) is 81.9 Å². The smallest absolute Gasteiger partial charge is 0.270 e. The van der Waals surface area contributed by atoms with Gasteiger partial charge in [0.15, 0.2) is 6.10 Å². The maximum Gasteiger partial charge on any atom is 0.270 e. The lowest BCUT2D eigenvalue weighted by Crippen LogP contribution is -2.30. The van der Waals surface area contributed by atoms with Gasteiger partial charge in [0.05, 0.1) is 11.6 Å². The Morgan fingerprint density at radius 3 is 3.00 bits per heavy atom. The fourth-order valence-corrected chi connectivity index (χ4v) is 1.97. The number of carbonyl (C=O) groups excluding carboxylic acids is 1. The zero-order valence-corrected chi connectivity index (χ0v) is 13.2. The van der Waals surface area contributed by atoms with Gasteiger partial charge in [-0.2, -0.15) is 4.80 Å². The molecule has 2 aromatic rings. The molecule has 1 aromatic carbocycles. The quantitative estimate of drug-likeness (QED) is 0.816. The number of halogens is 2. The number of nitrogens with zero attached hydrogens (tertiary/aromatic N) is 4. The van der Waals surface area contributed by atoms with Crippen LogP contribution in [0.4, 0.5) is 5.95 Å². The highest BCUT2D eigenvalue weighted by atomic mass is 35.5. The van der Waals surface area contributed by atoms with Gasteiger partial charge in [-0.25, -0.2) is 0 Å². The maximum atomic E-state index is 12.0. The third-order valence-corrected chi connectivity index (χ3v) is 3.08. The zero-order valence-electron chi connectivity index (χ0n) is 11.7. The molecule has 0 radical (unpaired) electrons. The molecular formula is C13H13Cl2N5O2. The first-order valence-electron chi connectivity index (χ1n) is 6.31. The van der Waals surface area contributed by atoms with E-state index in [1.54, 1.807) is 25.1 Å². The molecule has 2 rings (SSSR count). The predicted molar refractivity (Wildman–Crippen MR) is 83.2 cm³/mol. The molecule has 22 heavy (non-hydrogen) atoms. The number of carbonyl (C=O) groups is 1. The first-order chi connectivity index (χ1) is 10.5. The normalized spacial score (nSPS) is 11.8. The van der Waals surface area contributed by atoms with Crippen LogP contribution in [0, 0.1) is 0 Å². The molecule has 0 bridgehead atoms. The summed E-state index contributed by atoms with van der Waals surface area (Å²) in [6.07, 6.45) is 0.812. The third kappa shape index (κ3) is 4.19. The second kappa shape index (κ2) is 7.24. The van der Waals surface area contributed by atoms with E-state index in [9.17, 15) is 4.79 Å². The van der Waals surface area contributed by atoms with Gasteiger partial charge >= 0.3 is 0 Å². The summed E-state index contributed by atoms with van der Waals surface area (Å²) in [6.45, 7) is 5.53. The van der Waals surface area contributed by atoms with Crippen LogP contribution in [0.25, 0.3) is 0 Å². The second-order valence-corrected chi connectivity index (χ2v) is 5.12. The lowest BCUT2D eigenvalue weighted by Gasteiger charge is -2.14. The molecule has 0 saturated heterocycles. The minimum atomic E-state index is -0.801. The van der Waals surface area contributed by atoms with Crippen molar-refractivity contribution in [3.8, 4) is 5.75 Å². The number of allylic oxidation sites excluding steroid dienone is 1. The fourth-order valence-electron chi connectivity index (χ4n) is 1.51. The summed E-state index contributed by atoms with van der Waals surface area (Å²) in [5.41, 5.74) is 0. The van der Waals surface area contributed by atoms with Gasteiger partial charge in [-0.3, -0.25) is 10.1 Å². The molecule has 1 N–H and O–H groups in total. The van der Waals surface area contributed by atoms with E-state index in [0.717, 1.165) is 0 Å². The van der Waals surface area contributed by atoms with Crippen molar-refractivity contribution in [1.29, 1.82) is 0 Å². The predicted octanol–water partition coefficient (Wildman–Crippen LogP) is 2.57. The standard InChI is InChI=1S/C13H13Cl2N5O2/c1-3-6-20-18-13(17-19-20)16-12(21)8(2)22-11-5-4-9(14)7-10(11)15/h3-5,7-8H,1,6H2,2H3,(H,16,18,21)/t8-/m0/s1. The van der Waals surface area contributed by atoms with Crippen molar-refractivity contribution < 1.29 is 9.53 Å². The van der Waals surface area contributed by atoms with Gasteiger partial charge in [-0.05, 0) is 30.3 Å². The number of hydrogen-bond donors (Lipinski definition) is 1. The molecule has 0 aliphatic heterocycles. The van der Waals surface area contributed by atoms with Gasteiger partial charge in [0.1, 0.15) is 5.75 Å². The minimum Gasteiger partial charge on any atom is -0.479 e. The molecule has 0 aliphatic carbocycles. The van der Waals surface area contributed by atoms with Crippen LogP contribution in [-0.4, -0.2) is 32.2 Å². The number of rotatable bonds is 6. The van der Waals surface area contributed by atoms with Crippen molar-refractivity contribution in [2.75, 3.05) is 5.32 Å². The molecule has 116 valence electrons. The fraction of sp³-hybridized carbons (Fsp3) is 0.231. The SMILES string of the molecule is C=CCn1nnc(NC(=O)[C@H](C)Oc2ccc(Cl)cc2Cl)n1. The summed E-state index contributed by atoms with van der Waals surface area (Å²) in [4.78, 5) is 13.3. The number of tetrazole rings is 1. The maximum absolute atomic E-state index is 12.0. The number of benzene rings is 1. The summed E-state index contributed by atoms with van der Waals surface area (Å²) < 4.78 is 5.49. The number of ether oxygens (including phenoxy) is 1.